The van der Waals surface area contributed by atoms with Gasteiger partial charge in [0.05, 0.1) is 23.9 Å². The molecule has 3 aromatic rings. The van der Waals surface area contributed by atoms with Crippen LogP contribution in [0.2, 0.25) is 0 Å². The van der Waals surface area contributed by atoms with Crippen LogP contribution in [0.1, 0.15) is 24.4 Å². The molecule has 1 atom stereocenters. The Morgan fingerprint density at radius 2 is 1.79 bits per heavy atom. The third-order valence-corrected chi connectivity index (χ3v) is 3.98. The summed E-state index contributed by atoms with van der Waals surface area (Å²) in [6, 6.07) is 11.1. The molecule has 0 saturated heterocycles. The average molecular weight is 406 g/mol. The van der Waals surface area contributed by atoms with E-state index in [0.717, 1.165) is 12.1 Å². The number of benzene rings is 2. The molecule has 1 amide bonds. The summed E-state index contributed by atoms with van der Waals surface area (Å²) in [4.78, 5) is 11.3. The first-order valence-electron chi connectivity index (χ1n) is 8.49. The predicted octanol–water partition coefficient (Wildman–Crippen LogP) is 4.92. The van der Waals surface area contributed by atoms with Crippen LogP contribution < -0.4 is 10.6 Å². The van der Waals surface area contributed by atoms with Crippen molar-refractivity contribution >= 4 is 17.5 Å². The van der Waals surface area contributed by atoms with Gasteiger partial charge in [0.25, 0.3) is 0 Å². The molecule has 10 heteroatoms. The molecule has 0 saturated carbocycles. The number of alkyl halides is 3. The number of para-hydroxylation sites is 1. The number of alkyl carbamates (subject to hydrolysis) is 1. The number of nitrogens with zero attached hydrogens (tertiary/aromatic N) is 2. The molecule has 1 heterocycles. The summed E-state index contributed by atoms with van der Waals surface area (Å²) in [5.41, 5.74) is 0.850. The second kappa shape index (κ2) is 8.21. The first kappa shape index (κ1) is 20.2. The van der Waals surface area contributed by atoms with E-state index in [-0.39, 0.29) is 11.8 Å². The topological polar surface area (TPSA) is 89.3 Å². The minimum absolute atomic E-state index is 0.176. The van der Waals surface area contributed by atoms with E-state index in [4.69, 9.17) is 4.42 Å². The molecule has 0 spiro atoms. The summed E-state index contributed by atoms with van der Waals surface area (Å²) in [6.07, 6.45) is -5.03. The SMILES string of the molecule is COC(=O)NC(C)c1nnc(-c2ccccc2Nc2ccc(C(F)(F)F)cc2)o1. The molecule has 0 radical (unpaired) electrons. The van der Waals surface area contributed by atoms with Crippen molar-refractivity contribution in [3.63, 3.8) is 0 Å². The molecule has 7 nitrogen and oxygen atoms in total. The first-order chi connectivity index (χ1) is 13.8. The number of nitrogens with one attached hydrogen (secondary N) is 2. The molecule has 3 rings (SSSR count). The Kier molecular flexibility index (Phi) is 5.71. The number of hydrogen-bond donors (Lipinski definition) is 2. The maximum absolute atomic E-state index is 12.7. The number of anilines is 2. The summed E-state index contributed by atoms with van der Waals surface area (Å²) in [5.74, 6) is 0.364. The third kappa shape index (κ3) is 4.84. The largest absolute Gasteiger partial charge is 0.453 e. The van der Waals surface area contributed by atoms with Crippen molar-refractivity contribution in [1.29, 1.82) is 0 Å². The lowest BCUT2D eigenvalue weighted by molar-refractivity contribution is -0.137. The van der Waals surface area contributed by atoms with E-state index in [1.807, 2.05) is 0 Å². The van der Waals surface area contributed by atoms with Gasteiger partial charge in [-0.15, -0.1) is 10.2 Å². The minimum atomic E-state index is -4.40. The molecule has 1 aromatic heterocycles. The highest BCUT2D eigenvalue weighted by Gasteiger charge is 2.30. The van der Waals surface area contributed by atoms with Gasteiger partial charge >= 0.3 is 12.3 Å². The number of carbonyl (C=O) groups excluding carboxylic acids is 1. The molecule has 152 valence electrons. The second-order valence-electron chi connectivity index (χ2n) is 6.05. The van der Waals surface area contributed by atoms with Crippen LogP contribution in [-0.2, 0) is 10.9 Å². The van der Waals surface area contributed by atoms with Gasteiger partial charge in [-0.1, -0.05) is 12.1 Å². The highest BCUT2D eigenvalue weighted by atomic mass is 19.4. The fourth-order valence-electron chi connectivity index (χ4n) is 2.49. The molecular weight excluding hydrogens is 389 g/mol. The minimum Gasteiger partial charge on any atom is -0.453 e. The van der Waals surface area contributed by atoms with E-state index in [1.165, 1.54) is 19.2 Å². The second-order valence-corrected chi connectivity index (χ2v) is 6.05. The molecule has 0 aliphatic heterocycles. The lowest BCUT2D eigenvalue weighted by Crippen LogP contribution is -2.26. The molecule has 1 unspecified atom stereocenters. The first-order valence-corrected chi connectivity index (χ1v) is 8.49. The average Bonchev–Trinajstić information content (AvgIpc) is 3.18. The molecule has 0 aliphatic carbocycles. The monoisotopic (exact) mass is 406 g/mol. The zero-order chi connectivity index (χ0) is 21.0. The van der Waals surface area contributed by atoms with Gasteiger partial charge in [-0.05, 0) is 43.3 Å². The van der Waals surface area contributed by atoms with Crippen LogP contribution >= 0.6 is 0 Å². The van der Waals surface area contributed by atoms with Crippen molar-refractivity contribution in [2.24, 2.45) is 0 Å². The van der Waals surface area contributed by atoms with Crippen molar-refractivity contribution in [1.82, 2.24) is 15.5 Å². The van der Waals surface area contributed by atoms with Crippen LogP contribution in [0.25, 0.3) is 11.5 Å². The Hall–Kier alpha value is -3.56. The molecular formula is C19H17F3N4O3. The maximum Gasteiger partial charge on any atom is 0.416 e. The summed E-state index contributed by atoms with van der Waals surface area (Å²) in [7, 11) is 1.24. The Balaban J connectivity index is 1.82. The van der Waals surface area contributed by atoms with Crippen LogP contribution in [0, 0.1) is 0 Å². The Morgan fingerprint density at radius 1 is 1.10 bits per heavy atom. The quantitative estimate of drug-likeness (QED) is 0.625. The van der Waals surface area contributed by atoms with Crippen molar-refractivity contribution in [2.75, 3.05) is 12.4 Å². The Labute approximate surface area is 163 Å². The summed E-state index contributed by atoms with van der Waals surface area (Å²) < 4.78 is 48.3. The van der Waals surface area contributed by atoms with Gasteiger partial charge in [0, 0.05) is 5.69 Å². The smallest absolute Gasteiger partial charge is 0.416 e. The summed E-state index contributed by atoms with van der Waals surface area (Å²) in [6.45, 7) is 1.65. The lowest BCUT2D eigenvalue weighted by Gasteiger charge is -2.12. The molecule has 0 aliphatic rings. The van der Waals surface area contributed by atoms with E-state index in [1.54, 1.807) is 31.2 Å². The number of amides is 1. The molecule has 0 fully saturated rings. The van der Waals surface area contributed by atoms with Crippen LogP contribution in [0.5, 0.6) is 0 Å². The standard InChI is InChI=1S/C19H17F3N4O3/c1-11(23-18(27)28-2)16-25-26-17(29-16)14-5-3-4-6-15(14)24-13-9-7-12(8-10-13)19(20,21)22/h3-11,24H,1-2H3,(H,23,27). The molecule has 29 heavy (non-hydrogen) atoms. The number of carbonyl (C=O) groups is 1. The third-order valence-electron chi connectivity index (χ3n) is 3.98. The van der Waals surface area contributed by atoms with Gasteiger partial charge in [0.2, 0.25) is 11.8 Å². The van der Waals surface area contributed by atoms with E-state index in [9.17, 15) is 18.0 Å². The van der Waals surface area contributed by atoms with Crippen molar-refractivity contribution in [3.05, 3.63) is 60.0 Å². The molecule has 2 aromatic carbocycles. The van der Waals surface area contributed by atoms with Gasteiger partial charge < -0.3 is 19.8 Å². The number of rotatable bonds is 5. The number of halogens is 3. The zero-order valence-electron chi connectivity index (χ0n) is 15.4. The maximum atomic E-state index is 12.7. The van der Waals surface area contributed by atoms with Gasteiger partial charge in [-0.3, -0.25) is 0 Å². The van der Waals surface area contributed by atoms with E-state index >= 15 is 0 Å². The number of ether oxygens (including phenoxy) is 1. The van der Waals surface area contributed by atoms with Crippen molar-refractivity contribution < 1.29 is 27.1 Å². The van der Waals surface area contributed by atoms with Crippen LogP contribution in [0.4, 0.5) is 29.3 Å². The van der Waals surface area contributed by atoms with Gasteiger partial charge in [0.15, 0.2) is 0 Å². The number of methoxy groups -OCH3 is 1. The lowest BCUT2D eigenvalue weighted by atomic mass is 10.1. The molecule has 2 N–H and O–H groups in total. The van der Waals surface area contributed by atoms with Gasteiger partial charge in [-0.25, -0.2) is 4.79 Å². The highest BCUT2D eigenvalue weighted by molar-refractivity contribution is 5.76. The van der Waals surface area contributed by atoms with E-state index in [2.05, 4.69) is 25.6 Å². The van der Waals surface area contributed by atoms with Gasteiger partial charge in [0.1, 0.15) is 6.04 Å². The van der Waals surface area contributed by atoms with E-state index in [0.29, 0.717) is 16.9 Å². The zero-order valence-corrected chi connectivity index (χ0v) is 15.4. The fraction of sp³-hybridized carbons (Fsp3) is 0.211. The van der Waals surface area contributed by atoms with Crippen LogP contribution in [0.3, 0.4) is 0 Å². The molecule has 0 bridgehead atoms. The summed E-state index contributed by atoms with van der Waals surface area (Å²) in [5, 5.41) is 13.5. The van der Waals surface area contributed by atoms with Crippen molar-refractivity contribution in [2.45, 2.75) is 19.1 Å². The van der Waals surface area contributed by atoms with E-state index < -0.39 is 23.9 Å². The normalized spacial score (nSPS) is 12.3. The summed E-state index contributed by atoms with van der Waals surface area (Å²) >= 11 is 0. The van der Waals surface area contributed by atoms with Crippen LogP contribution in [0.15, 0.2) is 52.9 Å². The number of aromatic nitrogens is 2. The van der Waals surface area contributed by atoms with Crippen molar-refractivity contribution in [3.8, 4) is 11.5 Å². The Morgan fingerprint density at radius 3 is 2.45 bits per heavy atom. The Bertz CT molecular complexity index is 987. The fourth-order valence-corrected chi connectivity index (χ4v) is 2.49. The predicted molar refractivity (Wildman–Crippen MR) is 98.4 cm³/mol. The number of hydrogen-bond acceptors (Lipinski definition) is 6. The highest BCUT2D eigenvalue weighted by Crippen LogP contribution is 2.33. The van der Waals surface area contributed by atoms with Crippen LogP contribution in [-0.4, -0.2) is 23.4 Å². The van der Waals surface area contributed by atoms with Gasteiger partial charge in [-0.2, -0.15) is 13.2 Å².